The summed E-state index contributed by atoms with van der Waals surface area (Å²) in [6.07, 6.45) is -3.11. The maximum absolute atomic E-state index is 12.4. The fraction of sp³-hybridized carbons (Fsp3) is 0.357. The van der Waals surface area contributed by atoms with Crippen molar-refractivity contribution in [3.05, 3.63) is 48.0 Å². The van der Waals surface area contributed by atoms with Gasteiger partial charge in [0.15, 0.2) is 0 Å². The van der Waals surface area contributed by atoms with E-state index in [1.807, 2.05) is 31.2 Å². The molecule has 1 aromatic carbocycles. The van der Waals surface area contributed by atoms with Crippen molar-refractivity contribution >= 4 is 5.91 Å². The highest BCUT2D eigenvalue weighted by atomic mass is 19.4. The smallest absolute Gasteiger partial charge is 0.330 e. The van der Waals surface area contributed by atoms with Gasteiger partial charge in [0.25, 0.3) is 0 Å². The van der Waals surface area contributed by atoms with Gasteiger partial charge >= 0.3 is 6.18 Å². The second kappa shape index (κ2) is 6.41. The first kappa shape index (κ1) is 15.3. The molecule has 1 aromatic rings. The summed E-state index contributed by atoms with van der Waals surface area (Å²) in [5, 5.41) is 0. The lowest BCUT2D eigenvalue weighted by molar-refractivity contribution is -0.158. The van der Waals surface area contributed by atoms with Gasteiger partial charge in [-0.25, -0.2) is 0 Å². The van der Waals surface area contributed by atoms with Crippen molar-refractivity contribution in [2.24, 2.45) is 0 Å². The maximum atomic E-state index is 12.4. The highest BCUT2D eigenvalue weighted by Crippen LogP contribution is 2.17. The predicted octanol–water partition coefficient (Wildman–Crippen LogP) is 3.11. The summed E-state index contributed by atoms with van der Waals surface area (Å²) >= 11 is 0. The molecule has 0 fully saturated rings. The van der Waals surface area contributed by atoms with Gasteiger partial charge in [-0.3, -0.25) is 4.79 Å². The van der Waals surface area contributed by atoms with Crippen molar-refractivity contribution in [1.29, 1.82) is 0 Å². The summed E-state index contributed by atoms with van der Waals surface area (Å²) in [5.41, 5.74) is 1.98. The Morgan fingerprint density at radius 2 is 1.89 bits per heavy atom. The summed E-state index contributed by atoms with van der Waals surface area (Å²) in [6, 6.07) is 7.47. The van der Waals surface area contributed by atoms with E-state index in [1.165, 1.54) is 0 Å². The standard InChI is InChI=1S/C14H16F3NO/c1-3-13(19)18(10-14(15,16)17)9-8-12-6-4-11(2)5-7-12/h3-7H,1,8-10H2,2H3. The van der Waals surface area contributed by atoms with E-state index < -0.39 is 18.6 Å². The Bertz CT molecular complexity index is 437. The van der Waals surface area contributed by atoms with Gasteiger partial charge in [0.05, 0.1) is 0 Å². The van der Waals surface area contributed by atoms with Gasteiger partial charge < -0.3 is 4.90 Å². The third-order valence-electron chi connectivity index (χ3n) is 2.65. The van der Waals surface area contributed by atoms with Crippen LogP contribution >= 0.6 is 0 Å². The van der Waals surface area contributed by atoms with Crippen molar-refractivity contribution in [3.8, 4) is 0 Å². The van der Waals surface area contributed by atoms with Gasteiger partial charge in [0.2, 0.25) is 5.91 Å². The molecule has 0 radical (unpaired) electrons. The molecule has 19 heavy (non-hydrogen) atoms. The van der Waals surface area contributed by atoms with Crippen molar-refractivity contribution in [2.45, 2.75) is 19.5 Å². The van der Waals surface area contributed by atoms with Gasteiger partial charge in [-0.2, -0.15) is 13.2 Å². The number of hydrogen-bond donors (Lipinski definition) is 0. The van der Waals surface area contributed by atoms with Gasteiger partial charge in [0.1, 0.15) is 6.54 Å². The van der Waals surface area contributed by atoms with Gasteiger partial charge in [0, 0.05) is 6.54 Å². The molecule has 0 bridgehead atoms. The Hall–Kier alpha value is -1.78. The monoisotopic (exact) mass is 271 g/mol. The first-order valence-corrected chi connectivity index (χ1v) is 5.85. The number of carbonyl (C=O) groups is 1. The zero-order valence-corrected chi connectivity index (χ0v) is 10.7. The molecule has 0 heterocycles. The Morgan fingerprint density at radius 1 is 1.32 bits per heavy atom. The SMILES string of the molecule is C=CC(=O)N(CCc1ccc(C)cc1)CC(F)(F)F. The van der Waals surface area contributed by atoms with Crippen molar-refractivity contribution in [1.82, 2.24) is 4.90 Å². The molecule has 0 aliphatic rings. The minimum absolute atomic E-state index is 0.0213. The van der Waals surface area contributed by atoms with E-state index in [1.54, 1.807) is 0 Å². The van der Waals surface area contributed by atoms with Crippen LogP contribution in [0.3, 0.4) is 0 Å². The number of carbonyl (C=O) groups excluding carboxylic acids is 1. The summed E-state index contributed by atoms with van der Waals surface area (Å²) in [7, 11) is 0. The Balaban J connectivity index is 2.65. The van der Waals surface area contributed by atoms with Gasteiger partial charge in [-0.05, 0) is 25.0 Å². The van der Waals surface area contributed by atoms with E-state index in [2.05, 4.69) is 6.58 Å². The van der Waals surface area contributed by atoms with Crippen molar-refractivity contribution < 1.29 is 18.0 Å². The molecular formula is C14H16F3NO. The summed E-state index contributed by atoms with van der Waals surface area (Å²) in [5.74, 6) is -0.704. The van der Waals surface area contributed by atoms with Crippen molar-refractivity contribution in [2.75, 3.05) is 13.1 Å². The molecule has 0 atom stereocenters. The van der Waals surface area contributed by atoms with Crippen LogP contribution in [0, 0.1) is 6.92 Å². The van der Waals surface area contributed by atoms with E-state index in [0.717, 1.165) is 22.1 Å². The lowest BCUT2D eigenvalue weighted by Gasteiger charge is -2.22. The van der Waals surface area contributed by atoms with Crippen LogP contribution in [0.1, 0.15) is 11.1 Å². The molecule has 104 valence electrons. The molecule has 0 aromatic heterocycles. The second-order valence-electron chi connectivity index (χ2n) is 4.31. The normalized spacial score (nSPS) is 11.2. The predicted molar refractivity (Wildman–Crippen MR) is 67.7 cm³/mol. The number of hydrogen-bond acceptors (Lipinski definition) is 1. The van der Waals surface area contributed by atoms with Gasteiger partial charge in [-0.1, -0.05) is 36.4 Å². The summed E-state index contributed by atoms with van der Waals surface area (Å²) in [4.78, 5) is 12.1. The van der Waals surface area contributed by atoms with Crippen LogP contribution in [0.2, 0.25) is 0 Å². The van der Waals surface area contributed by atoms with E-state index >= 15 is 0 Å². The van der Waals surface area contributed by atoms with Crippen LogP contribution in [0.15, 0.2) is 36.9 Å². The lowest BCUT2D eigenvalue weighted by Crippen LogP contribution is -2.39. The summed E-state index contributed by atoms with van der Waals surface area (Å²) in [6.45, 7) is 3.93. The maximum Gasteiger partial charge on any atom is 0.406 e. The first-order valence-electron chi connectivity index (χ1n) is 5.85. The molecule has 1 rings (SSSR count). The van der Waals surface area contributed by atoms with Crippen molar-refractivity contribution in [3.63, 3.8) is 0 Å². The molecule has 0 saturated carbocycles. The summed E-state index contributed by atoms with van der Waals surface area (Å²) < 4.78 is 37.1. The number of alkyl halides is 3. The van der Waals surface area contributed by atoms with Crippen LogP contribution in [-0.4, -0.2) is 30.1 Å². The number of amides is 1. The Morgan fingerprint density at radius 3 is 2.37 bits per heavy atom. The fourth-order valence-corrected chi connectivity index (χ4v) is 1.63. The van der Waals surface area contributed by atoms with Crippen LogP contribution in [-0.2, 0) is 11.2 Å². The Labute approximate surface area is 110 Å². The minimum Gasteiger partial charge on any atom is -0.330 e. The van der Waals surface area contributed by atoms with E-state index in [-0.39, 0.29) is 6.54 Å². The number of aryl methyl sites for hydroxylation is 1. The molecule has 0 spiro atoms. The zero-order valence-electron chi connectivity index (χ0n) is 10.7. The van der Waals surface area contributed by atoms with Crippen LogP contribution < -0.4 is 0 Å². The van der Waals surface area contributed by atoms with E-state index in [0.29, 0.717) is 6.42 Å². The Kier molecular flexibility index (Phi) is 5.15. The highest BCUT2D eigenvalue weighted by Gasteiger charge is 2.32. The average Bonchev–Trinajstić information content (AvgIpc) is 2.34. The lowest BCUT2D eigenvalue weighted by atomic mass is 10.1. The number of nitrogens with zero attached hydrogens (tertiary/aromatic N) is 1. The molecule has 0 N–H and O–H groups in total. The highest BCUT2D eigenvalue weighted by molar-refractivity contribution is 5.87. The minimum atomic E-state index is -4.40. The molecular weight excluding hydrogens is 255 g/mol. The van der Waals surface area contributed by atoms with Gasteiger partial charge in [-0.15, -0.1) is 0 Å². The van der Waals surface area contributed by atoms with Crippen LogP contribution in [0.25, 0.3) is 0 Å². The second-order valence-corrected chi connectivity index (χ2v) is 4.31. The number of rotatable bonds is 5. The molecule has 0 aliphatic carbocycles. The molecule has 0 unspecified atom stereocenters. The largest absolute Gasteiger partial charge is 0.406 e. The zero-order chi connectivity index (χ0) is 14.5. The topological polar surface area (TPSA) is 20.3 Å². The molecule has 0 saturated heterocycles. The number of benzene rings is 1. The van der Waals surface area contributed by atoms with Crippen LogP contribution in [0.5, 0.6) is 0 Å². The molecule has 1 amide bonds. The van der Waals surface area contributed by atoms with E-state index in [4.69, 9.17) is 0 Å². The first-order chi connectivity index (χ1) is 8.81. The van der Waals surface area contributed by atoms with E-state index in [9.17, 15) is 18.0 Å². The third-order valence-corrected chi connectivity index (χ3v) is 2.65. The molecule has 2 nitrogen and oxygen atoms in total. The van der Waals surface area contributed by atoms with Crippen LogP contribution in [0.4, 0.5) is 13.2 Å². The number of halogens is 3. The molecule has 5 heteroatoms. The average molecular weight is 271 g/mol. The third kappa shape index (κ3) is 5.59. The quantitative estimate of drug-likeness (QED) is 0.753. The molecule has 0 aliphatic heterocycles. The fourth-order valence-electron chi connectivity index (χ4n) is 1.63.